The minimum absolute atomic E-state index is 0.187. The van der Waals surface area contributed by atoms with Gasteiger partial charge in [0.2, 0.25) is 0 Å². The van der Waals surface area contributed by atoms with Crippen molar-refractivity contribution in [1.82, 2.24) is 9.13 Å². The summed E-state index contributed by atoms with van der Waals surface area (Å²) in [5.74, 6) is -0.490. The Kier molecular flexibility index (Phi) is 6.44. The van der Waals surface area contributed by atoms with Crippen LogP contribution in [-0.2, 0) is 16.1 Å². The van der Waals surface area contributed by atoms with Crippen molar-refractivity contribution >= 4 is 45.1 Å². The maximum atomic E-state index is 14.0. The second-order valence-corrected chi connectivity index (χ2v) is 11.4. The number of hydrogen-bond acceptors (Lipinski definition) is 5. The molecular formula is C35H27N3O3S. The van der Waals surface area contributed by atoms with Crippen LogP contribution in [0.15, 0.2) is 124 Å². The lowest BCUT2D eigenvalue weighted by Crippen LogP contribution is -2.39. The van der Waals surface area contributed by atoms with Crippen molar-refractivity contribution < 1.29 is 9.53 Å². The smallest absolute Gasteiger partial charge is 0.338 e. The molecule has 3 heterocycles. The predicted molar refractivity (Wildman–Crippen MR) is 167 cm³/mol. The highest BCUT2D eigenvalue weighted by molar-refractivity contribution is 7.07. The van der Waals surface area contributed by atoms with Gasteiger partial charge >= 0.3 is 5.97 Å². The van der Waals surface area contributed by atoms with E-state index in [1.807, 2.05) is 48.5 Å². The second kappa shape index (κ2) is 10.4. The summed E-state index contributed by atoms with van der Waals surface area (Å²) in [6.45, 7) is 2.50. The Hall–Kier alpha value is -5.01. The largest absolute Gasteiger partial charge is 0.466 e. The third kappa shape index (κ3) is 4.39. The summed E-state index contributed by atoms with van der Waals surface area (Å²) >= 11 is 1.34. The third-order valence-corrected chi connectivity index (χ3v) is 8.80. The van der Waals surface area contributed by atoms with Gasteiger partial charge in [-0.3, -0.25) is 9.36 Å². The van der Waals surface area contributed by atoms with Crippen LogP contribution in [0.2, 0.25) is 0 Å². The molecule has 4 aromatic carbocycles. The number of allylic oxidation sites excluding steroid dienone is 1. The standard InChI is InChI=1S/C35H27N3O3S/c1-22-31(34(40)41-2)32(25-11-4-3-5-12-25)38-33(39)30(42-35(38)36-22)19-27-21-37(29-15-9-8-14-28(27)29)20-23-16-17-24-10-6-7-13-26(24)18-23/h3-19,21,32H,20H2,1-2H3. The average molecular weight is 570 g/mol. The predicted octanol–water partition coefficient (Wildman–Crippen LogP) is 5.56. The van der Waals surface area contributed by atoms with E-state index in [0.717, 1.165) is 22.0 Å². The number of benzene rings is 4. The molecule has 0 saturated heterocycles. The molecule has 0 bridgehead atoms. The quantitative estimate of drug-likeness (QED) is 0.255. The van der Waals surface area contributed by atoms with E-state index in [9.17, 15) is 9.59 Å². The number of nitrogens with zero attached hydrogens (tertiary/aromatic N) is 3. The molecule has 0 N–H and O–H groups in total. The van der Waals surface area contributed by atoms with E-state index < -0.39 is 12.0 Å². The molecule has 6 nitrogen and oxygen atoms in total. The fraction of sp³-hybridized carbons (Fsp3) is 0.114. The molecule has 0 aliphatic carbocycles. The topological polar surface area (TPSA) is 65.6 Å². The van der Waals surface area contributed by atoms with E-state index in [4.69, 9.17) is 4.74 Å². The van der Waals surface area contributed by atoms with Gasteiger partial charge in [-0.05, 0) is 47.0 Å². The molecular weight excluding hydrogens is 542 g/mol. The maximum absolute atomic E-state index is 14.0. The van der Waals surface area contributed by atoms with Crippen LogP contribution in [-0.4, -0.2) is 22.2 Å². The number of thiazole rings is 1. The van der Waals surface area contributed by atoms with Gasteiger partial charge in [0.15, 0.2) is 4.80 Å². The first-order valence-corrected chi connectivity index (χ1v) is 14.5. The van der Waals surface area contributed by atoms with E-state index in [1.54, 1.807) is 11.5 Å². The first-order chi connectivity index (χ1) is 20.5. The van der Waals surface area contributed by atoms with Gasteiger partial charge in [0, 0.05) is 29.2 Å². The monoisotopic (exact) mass is 569 g/mol. The molecule has 1 atom stereocenters. The van der Waals surface area contributed by atoms with Gasteiger partial charge in [0.05, 0.1) is 29.0 Å². The van der Waals surface area contributed by atoms with Crippen LogP contribution in [0, 0.1) is 0 Å². The zero-order valence-electron chi connectivity index (χ0n) is 23.2. The molecule has 206 valence electrons. The zero-order chi connectivity index (χ0) is 28.8. The first kappa shape index (κ1) is 25.9. The molecule has 1 unspecified atom stereocenters. The van der Waals surface area contributed by atoms with Crippen molar-refractivity contribution in [2.45, 2.75) is 19.5 Å². The molecule has 0 fully saturated rings. The van der Waals surface area contributed by atoms with Gasteiger partial charge in [0.1, 0.15) is 0 Å². The highest BCUT2D eigenvalue weighted by Crippen LogP contribution is 2.30. The highest BCUT2D eigenvalue weighted by atomic mass is 32.1. The van der Waals surface area contributed by atoms with Crippen LogP contribution in [0.1, 0.15) is 29.7 Å². The second-order valence-electron chi connectivity index (χ2n) is 10.4. The molecule has 7 rings (SSSR count). The molecule has 7 heteroatoms. The van der Waals surface area contributed by atoms with E-state index >= 15 is 0 Å². The molecule has 1 aliphatic rings. The summed E-state index contributed by atoms with van der Waals surface area (Å²) < 4.78 is 9.53. The lowest BCUT2D eigenvalue weighted by molar-refractivity contribution is -0.136. The van der Waals surface area contributed by atoms with Gasteiger partial charge in [0.25, 0.3) is 5.56 Å². The fourth-order valence-electron chi connectivity index (χ4n) is 5.84. The summed E-state index contributed by atoms with van der Waals surface area (Å²) in [5, 5.41) is 3.49. The van der Waals surface area contributed by atoms with Crippen LogP contribution >= 0.6 is 11.3 Å². The van der Waals surface area contributed by atoms with Gasteiger partial charge in [-0.1, -0.05) is 96.3 Å². The Bertz CT molecular complexity index is 2220. The number of fused-ring (bicyclic) bond motifs is 3. The third-order valence-electron chi connectivity index (χ3n) is 7.82. The Morgan fingerprint density at radius 3 is 2.50 bits per heavy atom. The summed E-state index contributed by atoms with van der Waals surface area (Å²) in [5.41, 5.74) is 4.81. The van der Waals surface area contributed by atoms with Gasteiger partial charge in [-0.15, -0.1) is 0 Å². The van der Waals surface area contributed by atoms with Crippen LogP contribution < -0.4 is 14.9 Å². The Morgan fingerprint density at radius 2 is 1.69 bits per heavy atom. The van der Waals surface area contributed by atoms with Crippen LogP contribution in [0.5, 0.6) is 0 Å². The number of para-hydroxylation sites is 1. The molecule has 0 amide bonds. The lowest BCUT2D eigenvalue weighted by atomic mass is 9.96. The van der Waals surface area contributed by atoms with E-state index in [2.05, 4.69) is 70.4 Å². The minimum Gasteiger partial charge on any atom is -0.466 e. The van der Waals surface area contributed by atoms with E-state index in [1.165, 1.54) is 34.8 Å². The van der Waals surface area contributed by atoms with Crippen LogP contribution in [0.3, 0.4) is 0 Å². The minimum atomic E-state index is -0.619. The number of esters is 1. The van der Waals surface area contributed by atoms with Gasteiger partial charge in [-0.25, -0.2) is 9.79 Å². The van der Waals surface area contributed by atoms with Crippen molar-refractivity contribution in [3.63, 3.8) is 0 Å². The summed E-state index contributed by atoms with van der Waals surface area (Å²) in [4.78, 5) is 32.2. The molecule has 0 radical (unpaired) electrons. The Balaban J connectivity index is 1.36. The Morgan fingerprint density at radius 1 is 0.952 bits per heavy atom. The van der Waals surface area contributed by atoms with Gasteiger partial charge in [-0.2, -0.15) is 0 Å². The van der Waals surface area contributed by atoms with Crippen molar-refractivity contribution in [2.75, 3.05) is 7.11 Å². The van der Waals surface area contributed by atoms with E-state index in [0.29, 0.717) is 27.1 Å². The zero-order valence-corrected chi connectivity index (χ0v) is 24.0. The number of rotatable bonds is 5. The highest BCUT2D eigenvalue weighted by Gasteiger charge is 2.33. The number of methoxy groups -OCH3 is 1. The molecule has 0 spiro atoms. The van der Waals surface area contributed by atoms with Crippen molar-refractivity contribution in [3.8, 4) is 0 Å². The summed E-state index contributed by atoms with van der Waals surface area (Å²) in [6.07, 6.45) is 4.06. The van der Waals surface area contributed by atoms with Crippen molar-refractivity contribution in [2.24, 2.45) is 4.99 Å². The van der Waals surface area contributed by atoms with E-state index in [-0.39, 0.29) is 5.56 Å². The number of ether oxygens (including phenoxy) is 1. The maximum Gasteiger partial charge on any atom is 0.338 e. The molecule has 1 aliphatic heterocycles. The number of aromatic nitrogens is 2. The first-order valence-electron chi connectivity index (χ1n) is 13.7. The lowest BCUT2D eigenvalue weighted by Gasteiger charge is -2.24. The SMILES string of the molecule is COC(=O)C1=C(C)N=c2sc(=Cc3cn(Cc4ccc5ccccc5c4)c4ccccc34)c(=O)n2C1c1ccccc1. The molecule has 42 heavy (non-hydrogen) atoms. The molecule has 2 aromatic heterocycles. The van der Waals surface area contributed by atoms with Gasteiger partial charge < -0.3 is 9.30 Å². The molecule has 6 aromatic rings. The van der Waals surface area contributed by atoms with Crippen molar-refractivity contribution in [1.29, 1.82) is 0 Å². The average Bonchev–Trinajstić information content (AvgIpc) is 3.52. The number of carbonyl (C=O) groups excluding carboxylic acids is 1. The molecule has 0 saturated carbocycles. The summed E-state index contributed by atoms with van der Waals surface area (Å²) in [7, 11) is 1.35. The number of hydrogen-bond donors (Lipinski definition) is 0. The summed E-state index contributed by atoms with van der Waals surface area (Å²) in [6, 6.07) is 32.1. The normalized spacial score (nSPS) is 15.2. The Labute approximate surface area is 245 Å². The number of carbonyl (C=O) groups is 1. The van der Waals surface area contributed by atoms with Crippen LogP contribution in [0.25, 0.3) is 27.8 Å². The van der Waals surface area contributed by atoms with Crippen molar-refractivity contribution in [3.05, 3.63) is 151 Å². The fourth-order valence-corrected chi connectivity index (χ4v) is 6.88. The van der Waals surface area contributed by atoms with Crippen LogP contribution in [0.4, 0.5) is 0 Å².